The highest BCUT2D eigenvalue weighted by Crippen LogP contribution is 2.31. The van der Waals surface area contributed by atoms with E-state index in [9.17, 15) is 8.42 Å². The number of hydrogen-bond donors (Lipinski definition) is 2. The molecule has 0 aromatic heterocycles. The number of nitrogens with zero attached hydrogens (tertiary/aromatic N) is 1. The van der Waals surface area contributed by atoms with E-state index in [0.717, 1.165) is 11.3 Å². The predicted molar refractivity (Wildman–Crippen MR) is 99.6 cm³/mol. The summed E-state index contributed by atoms with van der Waals surface area (Å²) in [5, 5.41) is 6.10. The molecule has 1 aliphatic heterocycles. The summed E-state index contributed by atoms with van der Waals surface area (Å²) >= 11 is 0. The molecular weight excluding hydrogens is 338 g/mol. The van der Waals surface area contributed by atoms with Crippen molar-refractivity contribution in [1.82, 2.24) is 0 Å². The van der Waals surface area contributed by atoms with Gasteiger partial charge in [-0.25, -0.2) is 0 Å². The minimum absolute atomic E-state index is 0.155. The fourth-order valence-corrected chi connectivity index (χ4v) is 3.78. The first-order valence-corrected chi connectivity index (χ1v) is 9.44. The Morgan fingerprint density at radius 1 is 1.16 bits per heavy atom. The van der Waals surface area contributed by atoms with E-state index >= 15 is 0 Å². The van der Waals surface area contributed by atoms with E-state index in [4.69, 9.17) is 4.74 Å². The number of methoxy groups -OCH3 is 1. The lowest BCUT2D eigenvalue weighted by atomic mass is 10.0. The molecular formula is C18H21N3O3S. The van der Waals surface area contributed by atoms with Gasteiger partial charge >= 0.3 is 0 Å². The van der Waals surface area contributed by atoms with Crippen LogP contribution in [0.3, 0.4) is 0 Å². The van der Waals surface area contributed by atoms with Gasteiger partial charge in [-0.3, -0.25) is 0 Å². The van der Waals surface area contributed by atoms with Crippen LogP contribution in [0.4, 0.5) is 11.4 Å². The lowest BCUT2D eigenvalue weighted by Crippen LogP contribution is -2.29. The van der Waals surface area contributed by atoms with Crippen molar-refractivity contribution in [3.05, 3.63) is 53.6 Å². The van der Waals surface area contributed by atoms with E-state index in [1.807, 2.05) is 30.3 Å². The topological polar surface area (TPSA) is 79.8 Å². The van der Waals surface area contributed by atoms with Crippen molar-refractivity contribution >= 4 is 27.4 Å². The van der Waals surface area contributed by atoms with Crippen molar-refractivity contribution in [3.8, 4) is 0 Å². The van der Waals surface area contributed by atoms with Crippen LogP contribution < -0.4 is 10.6 Å². The van der Waals surface area contributed by atoms with Crippen molar-refractivity contribution in [1.29, 1.82) is 0 Å². The molecule has 6 nitrogen and oxygen atoms in total. The monoisotopic (exact) mass is 359 g/mol. The van der Waals surface area contributed by atoms with Gasteiger partial charge in [0, 0.05) is 18.4 Å². The lowest BCUT2D eigenvalue weighted by molar-refractivity contribution is 0.185. The Kier molecular flexibility index (Phi) is 4.78. The molecule has 0 fully saturated rings. The number of benzene rings is 2. The molecule has 3 rings (SSSR count). The van der Waals surface area contributed by atoms with Gasteiger partial charge in [-0.2, -0.15) is 8.42 Å². The molecule has 2 aromatic carbocycles. The standard InChI is InChI=1S/C18H21N3O3S/c1-12(2)13-7-9-15(10-8-13)19-18-20-17-14(11-24-3)5-4-6-16(17)25(22,23)21-18/h4-10,12H,11H2,1-3H3,(H2,19,20,21). The Morgan fingerprint density at radius 3 is 2.52 bits per heavy atom. The zero-order chi connectivity index (χ0) is 18.0. The maximum Gasteiger partial charge on any atom is 0.287 e. The Hall–Kier alpha value is -2.38. The van der Waals surface area contributed by atoms with E-state index < -0.39 is 10.0 Å². The number of guanidine groups is 1. The zero-order valence-corrected chi connectivity index (χ0v) is 15.2. The first-order valence-electron chi connectivity index (χ1n) is 8.00. The quantitative estimate of drug-likeness (QED) is 0.873. The summed E-state index contributed by atoms with van der Waals surface area (Å²) in [6.45, 7) is 4.55. The Balaban J connectivity index is 1.91. The van der Waals surface area contributed by atoms with E-state index in [1.54, 1.807) is 13.2 Å². The van der Waals surface area contributed by atoms with Crippen LogP contribution >= 0.6 is 0 Å². The Bertz CT molecular complexity index is 904. The zero-order valence-electron chi connectivity index (χ0n) is 14.4. The number of para-hydroxylation sites is 1. The molecule has 0 aliphatic carbocycles. The molecule has 1 aliphatic rings. The fourth-order valence-electron chi connectivity index (χ4n) is 2.66. The van der Waals surface area contributed by atoms with Crippen LogP contribution in [0.1, 0.15) is 30.9 Å². The summed E-state index contributed by atoms with van der Waals surface area (Å²) in [5.74, 6) is 0.608. The summed E-state index contributed by atoms with van der Waals surface area (Å²) in [6.07, 6.45) is 0. The van der Waals surface area contributed by atoms with E-state index in [2.05, 4.69) is 28.9 Å². The van der Waals surface area contributed by atoms with Crippen molar-refractivity contribution in [2.75, 3.05) is 17.7 Å². The maximum absolute atomic E-state index is 12.5. The van der Waals surface area contributed by atoms with Crippen molar-refractivity contribution < 1.29 is 13.2 Å². The van der Waals surface area contributed by atoms with Crippen molar-refractivity contribution in [3.63, 3.8) is 0 Å². The molecule has 0 unspecified atom stereocenters. The number of anilines is 2. The molecule has 0 radical (unpaired) electrons. The SMILES string of the molecule is COCc1cccc2c1NC(Nc1ccc(C(C)C)cc1)=NS2(=O)=O. The van der Waals surface area contributed by atoms with Gasteiger partial charge in [0.25, 0.3) is 10.0 Å². The van der Waals surface area contributed by atoms with Gasteiger partial charge in [0.1, 0.15) is 4.90 Å². The highest BCUT2D eigenvalue weighted by atomic mass is 32.2. The van der Waals surface area contributed by atoms with Gasteiger partial charge in [-0.05, 0) is 29.7 Å². The molecule has 2 N–H and O–H groups in total. The first kappa shape index (κ1) is 17.4. The van der Waals surface area contributed by atoms with Gasteiger partial charge in [0.15, 0.2) is 0 Å². The molecule has 1 heterocycles. The number of hydrogen-bond acceptors (Lipinski definition) is 5. The largest absolute Gasteiger partial charge is 0.380 e. The Morgan fingerprint density at radius 2 is 1.88 bits per heavy atom. The van der Waals surface area contributed by atoms with Crippen LogP contribution in [0.2, 0.25) is 0 Å². The van der Waals surface area contributed by atoms with Gasteiger partial charge in [0.05, 0.1) is 12.3 Å². The third-order valence-corrected chi connectivity index (χ3v) is 5.30. The third kappa shape index (κ3) is 3.67. The van der Waals surface area contributed by atoms with Crippen LogP contribution in [-0.2, 0) is 21.4 Å². The van der Waals surface area contributed by atoms with Crippen LogP contribution in [0, 0.1) is 0 Å². The number of sulfonamides is 1. The second kappa shape index (κ2) is 6.85. The molecule has 132 valence electrons. The van der Waals surface area contributed by atoms with Gasteiger partial charge in [0.2, 0.25) is 5.96 Å². The minimum Gasteiger partial charge on any atom is -0.380 e. The normalized spacial score (nSPS) is 15.3. The molecule has 0 amide bonds. The average Bonchev–Trinajstić information content (AvgIpc) is 2.56. The molecule has 25 heavy (non-hydrogen) atoms. The molecule has 0 saturated carbocycles. The average molecular weight is 359 g/mol. The van der Waals surface area contributed by atoms with E-state index in [0.29, 0.717) is 18.2 Å². The van der Waals surface area contributed by atoms with Gasteiger partial charge in [-0.1, -0.05) is 38.1 Å². The first-order chi connectivity index (χ1) is 11.9. The van der Waals surface area contributed by atoms with E-state index in [1.165, 1.54) is 11.6 Å². The second-order valence-corrected chi connectivity index (χ2v) is 7.74. The van der Waals surface area contributed by atoms with Crippen LogP contribution in [0.25, 0.3) is 0 Å². The third-order valence-electron chi connectivity index (χ3n) is 3.99. The van der Waals surface area contributed by atoms with Gasteiger partial charge < -0.3 is 15.4 Å². The summed E-state index contributed by atoms with van der Waals surface area (Å²) < 4.78 is 33.9. The fraction of sp³-hybridized carbons (Fsp3) is 0.278. The number of rotatable bonds is 4. The minimum atomic E-state index is -3.77. The predicted octanol–water partition coefficient (Wildman–Crippen LogP) is 3.54. The van der Waals surface area contributed by atoms with Crippen molar-refractivity contribution in [2.45, 2.75) is 31.3 Å². The second-order valence-electron chi connectivity index (χ2n) is 6.16. The number of nitrogens with one attached hydrogen (secondary N) is 2. The highest BCUT2D eigenvalue weighted by molar-refractivity contribution is 7.90. The summed E-state index contributed by atoms with van der Waals surface area (Å²) in [7, 11) is -2.20. The molecule has 2 aromatic rings. The highest BCUT2D eigenvalue weighted by Gasteiger charge is 2.26. The summed E-state index contributed by atoms with van der Waals surface area (Å²) in [5.41, 5.74) is 3.23. The number of fused-ring (bicyclic) bond motifs is 1. The van der Waals surface area contributed by atoms with Gasteiger partial charge in [-0.15, -0.1) is 4.40 Å². The van der Waals surface area contributed by atoms with Crippen LogP contribution in [-0.4, -0.2) is 21.5 Å². The lowest BCUT2D eigenvalue weighted by Gasteiger charge is -2.21. The molecule has 0 atom stereocenters. The van der Waals surface area contributed by atoms with Crippen LogP contribution in [0.15, 0.2) is 51.8 Å². The number of ether oxygens (including phenoxy) is 1. The summed E-state index contributed by atoms with van der Waals surface area (Å²) in [6, 6.07) is 12.9. The van der Waals surface area contributed by atoms with Crippen LogP contribution in [0.5, 0.6) is 0 Å². The Labute approximate surface area is 148 Å². The molecule has 0 bridgehead atoms. The molecule has 7 heteroatoms. The summed E-state index contributed by atoms with van der Waals surface area (Å²) in [4.78, 5) is 0.155. The van der Waals surface area contributed by atoms with Crippen molar-refractivity contribution in [2.24, 2.45) is 4.40 Å². The van der Waals surface area contributed by atoms with E-state index in [-0.39, 0.29) is 10.9 Å². The molecule has 0 saturated heterocycles. The smallest absolute Gasteiger partial charge is 0.287 e. The molecule has 0 spiro atoms. The maximum atomic E-state index is 12.5.